The van der Waals surface area contributed by atoms with Crippen LogP contribution >= 0.6 is 0 Å². The Kier molecular flexibility index (Phi) is 6.20. The molecule has 1 saturated heterocycles. The van der Waals surface area contributed by atoms with Gasteiger partial charge in [-0.2, -0.15) is 0 Å². The normalized spacial score (nSPS) is 20.5. The summed E-state index contributed by atoms with van der Waals surface area (Å²) in [5.74, 6) is 1.61. The van der Waals surface area contributed by atoms with Crippen molar-refractivity contribution in [2.24, 2.45) is 5.73 Å². The van der Waals surface area contributed by atoms with Crippen molar-refractivity contribution in [1.82, 2.24) is 4.90 Å². The summed E-state index contributed by atoms with van der Waals surface area (Å²) in [5.41, 5.74) is 7.83. The predicted octanol–water partition coefficient (Wildman–Crippen LogP) is 3.94. The molecule has 27 heavy (non-hydrogen) atoms. The Morgan fingerprint density at radius 1 is 1.11 bits per heavy atom. The number of likely N-dealkylation sites (tertiary alicyclic amines) is 1. The Morgan fingerprint density at radius 3 is 2.37 bits per heavy atom. The van der Waals surface area contributed by atoms with Crippen molar-refractivity contribution < 1.29 is 13.9 Å². The van der Waals surface area contributed by atoms with Gasteiger partial charge in [0.15, 0.2) is 19.8 Å². The highest BCUT2D eigenvalue weighted by Gasteiger charge is 2.41. The van der Waals surface area contributed by atoms with E-state index in [1.165, 1.54) is 12.8 Å². The van der Waals surface area contributed by atoms with Crippen molar-refractivity contribution in [3.63, 3.8) is 0 Å². The summed E-state index contributed by atoms with van der Waals surface area (Å²) in [4.78, 5) is 2.46. The zero-order chi connectivity index (χ0) is 19.7. The van der Waals surface area contributed by atoms with E-state index < -0.39 is 8.32 Å². The van der Waals surface area contributed by atoms with E-state index in [1.54, 1.807) is 0 Å². The number of nitrogens with zero attached hydrogens (tertiary/aromatic N) is 1. The molecule has 5 nitrogen and oxygen atoms in total. The van der Waals surface area contributed by atoms with Gasteiger partial charge in [0.1, 0.15) is 13.2 Å². The van der Waals surface area contributed by atoms with Gasteiger partial charge in [-0.25, -0.2) is 0 Å². The van der Waals surface area contributed by atoms with Gasteiger partial charge < -0.3 is 24.5 Å². The number of hydrogen-bond donors (Lipinski definition) is 1. The molecule has 2 heterocycles. The van der Waals surface area contributed by atoms with Crippen molar-refractivity contribution in [1.29, 1.82) is 0 Å². The molecule has 1 aromatic rings. The quantitative estimate of drug-likeness (QED) is 0.743. The third-order valence-corrected chi connectivity index (χ3v) is 10.6. The van der Waals surface area contributed by atoms with Crippen LogP contribution in [0.4, 0.5) is 0 Å². The minimum Gasteiger partial charge on any atom is -0.486 e. The standard InChI is InChI=1S/C21H36N2O3Si/c1-21(2,3)27(4,5)26-20(17(22)15-23-10-6-7-11-23)16-8-9-18-19(14-16)25-13-12-24-18/h8-9,14,17,20H,6-7,10-13,15,22H2,1-5H3/t17-,20-/m1/s1. The fourth-order valence-corrected chi connectivity index (χ4v) is 4.79. The van der Waals surface area contributed by atoms with Crippen LogP contribution in [-0.2, 0) is 4.43 Å². The van der Waals surface area contributed by atoms with Crippen molar-refractivity contribution in [2.75, 3.05) is 32.8 Å². The van der Waals surface area contributed by atoms with E-state index in [0.29, 0.717) is 13.2 Å². The zero-order valence-corrected chi connectivity index (χ0v) is 18.6. The largest absolute Gasteiger partial charge is 0.486 e. The number of ether oxygens (including phenoxy) is 2. The second-order valence-corrected chi connectivity index (χ2v) is 14.1. The molecule has 0 spiro atoms. The highest BCUT2D eigenvalue weighted by atomic mass is 28.4. The number of rotatable bonds is 6. The summed E-state index contributed by atoms with van der Waals surface area (Å²) >= 11 is 0. The Hall–Kier alpha value is -1.08. The van der Waals surface area contributed by atoms with Crippen LogP contribution in [0.2, 0.25) is 18.1 Å². The third-order valence-electron chi connectivity index (χ3n) is 6.18. The van der Waals surface area contributed by atoms with Crippen LogP contribution in [0.15, 0.2) is 18.2 Å². The zero-order valence-electron chi connectivity index (χ0n) is 17.6. The van der Waals surface area contributed by atoms with Gasteiger partial charge in [-0.3, -0.25) is 0 Å². The summed E-state index contributed by atoms with van der Waals surface area (Å²) in [7, 11) is -1.98. The molecule has 0 amide bonds. The molecular formula is C21H36N2O3Si. The van der Waals surface area contributed by atoms with E-state index in [9.17, 15) is 0 Å². The molecule has 1 fully saturated rings. The van der Waals surface area contributed by atoms with Crippen LogP contribution in [0.1, 0.15) is 45.3 Å². The molecule has 0 aromatic heterocycles. The molecule has 0 aliphatic carbocycles. The second-order valence-electron chi connectivity index (χ2n) is 9.37. The van der Waals surface area contributed by atoms with Crippen molar-refractivity contribution in [2.45, 2.75) is 63.9 Å². The Labute approximate surface area is 165 Å². The van der Waals surface area contributed by atoms with Crippen LogP contribution in [0.5, 0.6) is 11.5 Å². The third kappa shape index (κ3) is 4.85. The van der Waals surface area contributed by atoms with Crippen molar-refractivity contribution in [3.8, 4) is 11.5 Å². The lowest BCUT2D eigenvalue weighted by Gasteiger charge is -2.41. The minimum atomic E-state index is -1.98. The van der Waals surface area contributed by atoms with E-state index in [4.69, 9.17) is 19.6 Å². The fourth-order valence-electron chi connectivity index (χ4n) is 3.49. The van der Waals surface area contributed by atoms with Gasteiger partial charge in [-0.1, -0.05) is 26.8 Å². The van der Waals surface area contributed by atoms with E-state index in [0.717, 1.165) is 36.7 Å². The maximum atomic E-state index is 6.84. The highest BCUT2D eigenvalue weighted by molar-refractivity contribution is 6.74. The first-order valence-corrected chi connectivity index (χ1v) is 13.1. The van der Waals surface area contributed by atoms with Gasteiger partial charge in [0.25, 0.3) is 0 Å². The minimum absolute atomic E-state index is 0.0696. The van der Waals surface area contributed by atoms with Crippen molar-refractivity contribution in [3.05, 3.63) is 23.8 Å². The van der Waals surface area contributed by atoms with Crippen LogP contribution in [-0.4, -0.2) is 52.1 Å². The van der Waals surface area contributed by atoms with Crippen LogP contribution in [0.25, 0.3) is 0 Å². The molecule has 2 aliphatic heterocycles. The highest BCUT2D eigenvalue weighted by Crippen LogP contribution is 2.42. The average molecular weight is 393 g/mol. The molecule has 0 saturated carbocycles. The number of nitrogens with two attached hydrogens (primary N) is 1. The SMILES string of the molecule is CC(C)(C)[Si](C)(C)O[C@H](c1ccc2c(c1)OCCO2)[C@H](N)CN1CCCC1. The maximum Gasteiger partial charge on any atom is 0.192 e. The van der Waals surface area contributed by atoms with Gasteiger partial charge in [-0.05, 0) is 61.8 Å². The summed E-state index contributed by atoms with van der Waals surface area (Å²) in [5, 5.41) is 0.131. The molecule has 2 atom stereocenters. The summed E-state index contributed by atoms with van der Waals surface area (Å²) in [6.07, 6.45) is 2.40. The lowest BCUT2D eigenvalue weighted by molar-refractivity contribution is 0.131. The number of hydrogen-bond acceptors (Lipinski definition) is 5. The van der Waals surface area contributed by atoms with Crippen molar-refractivity contribution >= 4 is 8.32 Å². The number of benzene rings is 1. The predicted molar refractivity (Wildman–Crippen MR) is 112 cm³/mol. The maximum absolute atomic E-state index is 6.84. The monoisotopic (exact) mass is 392 g/mol. The second kappa shape index (κ2) is 8.11. The van der Waals surface area contributed by atoms with Crippen LogP contribution in [0.3, 0.4) is 0 Å². The molecule has 152 valence electrons. The van der Waals surface area contributed by atoms with Crippen LogP contribution in [0, 0.1) is 0 Å². The lowest BCUT2D eigenvalue weighted by atomic mass is 10.0. The van der Waals surface area contributed by atoms with E-state index in [-0.39, 0.29) is 17.2 Å². The van der Waals surface area contributed by atoms with E-state index >= 15 is 0 Å². The molecule has 0 radical (unpaired) electrons. The molecule has 6 heteroatoms. The van der Waals surface area contributed by atoms with Gasteiger partial charge >= 0.3 is 0 Å². The van der Waals surface area contributed by atoms with Crippen LogP contribution < -0.4 is 15.2 Å². The molecule has 1 aromatic carbocycles. The fraction of sp³-hybridized carbons (Fsp3) is 0.714. The van der Waals surface area contributed by atoms with Gasteiger partial charge in [-0.15, -0.1) is 0 Å². The lowest BCUT2D eigenvalue weighted by Crippen LogP contribution is -2.48. The Bertz CT molecular complexity index is 639. The molecule has 0 bridgehead atoms. The molecule has 0 unspecified atom stereocenters. The topological polar surface area (TPSA) is 57.0 Å². The molecular weight excluding hydrogens is 356 g/mol. The number of fused-ring (bicyclic) bond motifs is 1. The first-order chi connectivity index (χ1) is 12.7. The van der Waals surface area contributed by atoms with Gasteiger partial charge in [0.2, 0.25) is 0 Å². The summed E-state index contributed by atoms with van der Waals surface area (Å²) < 4.78 is 18.3. The summed E-state index contributed by atoms with van der Waals surface area (Å²) in [6.45, 7) is 15.7. The van der Waals surface area contributed by atoms with Gasteiger partial charge in [0, 0.05) is 12.6 Å². The summed E-state index contributed by atoms with van der Waals surface area (Å²) in [6, 6.07) is 6.08. The molecule has 2 N–H and O–H groups in total. The van der Waals surface area contributed by atoms with E-state index in [2.05, 4.69) is 50.9 Å². The van der Waals surface area contributed by atoms with E-state index in [1.807, 2.05) is 6.07 Å². The average Bonchev–Trinajstić information content (AvgIpc) is 3.11. The molecule has 3 rings (SSSR count). The first kappa shape index (κ1) is 20.6. The molecule has 2 aliphatic rings. The Morgan fingerprint density at radius 2 is 1.74 bits per heavy atom. The Balaban J connectivity index is 1.86. The smallest absolute Gasteiger partial charge is 0.192 e. The van der Waals surface area contributed by atoms with Gasteiger partial charge in [0.05, 0.1) is 6.10 Å². The first-order valence-electron chi connectivity index (χ1n) is 10.2.